The zero-order chi connectivity index (χ0) is 16.8. The van der Waals surface area contributed by atoms with E-state index in [2.05, 4.69) is 10.2 Å². The summed E-state index contributed by atoms with van der Waals surface area (Å²) in [6.45, 7) is 5.52. The molecular formula is C16H19Cl2N3O2. The predicted octanol–water partition coefficient (Wildman–Crippen LogP) is 3.70. The summed E-state index contributed by atoms with van der Waals surface area (Å²) < 4.78 is 5.37. The van der Waals surface area contributed by atoms with Crippen molar-refractivity contribution >= 4 is 29.1 Å². The van der Waals surface area contributed by atoms with E-state index in [4.69, 9.17) is 27.9 Å². The summed E-state index contributed by atoms with van der Waals surface area (Å²) in [6, 6.07) is 7.00. The van der Waals surface area contributed by atoms with E-state index in [1.54, 1.807) is 29.2 Å². The van der Waals surface area contributed by atoms with Crippen molar-refractivity contribution in [3.05, 3.63) is 51.3 Å². The largest absolute Gasteiger partial charge is 0.380 e. The molecule has 0 radical (unpaired) electrons. The first-order valence-corrected chi connectivity index (χ1v) is 8.10. The number of benzene rings is 1. The van der Waals surface area contributed by atoms with Crippen LogP contribution in [0, 0.1) is 6.92 Å². The Morgan fingerprint density at radius 1 is 1.35 bits per heavy atom. The molecule has 0 aliphatic rings. The molecule has 1 amide bonds. The molecule has 0 aliphatic heterocycles. The summed E-state index contributed by atoms with van der Waals surface area (Å²) in [5.74, 6) is -0.190. The van der Waals surface area contributed by atoms with E-state index in [1.807, 2.05) is 13.8 Å². The molecule has 0 atom stereocenters. The van der Waals surface area contributed by atoms with E-state index in [0.29, 0.717) is 47.6 Å². The third-order valence-corrected chi connectivity index (χ3v) is 4.04. The van der Waals surface area contributed by atoms with Crippen molar-refractivity contribution < 1.29 is 9.53 Å². The Morgan fingerprint density at radius 3 is 2.61 bits per heavy atom. The topological polar surface area (TPSA) is 58.2 Å². The van der Waals surface area contributed by atoms with Crippen molar-refractivity contribution in [2.75, 3.05) is 19.8 Å². The standard InChI is InChI=1S/C16H19Cl2N3O2/c1-3-23-8-7-21(16(22)15-9-11(2)19-20-15)10-12-13(17)5-4-6-14(12)18/h4-6,9H,3,7-8,10H2,1-2H3,(H,19,20). The minimum atomic E-state index is -0.190. The van der Waals surface area contributed by atoms with Crippen LogP contribution in [0.15, 0.2) is 24.3 Å². The van der Waals surface area contributed by atoms with Crippen LogP contribution in [-0.4, -0.2) is 40.8 Å². The van der Waals surface area contributed by atoms with E-state index in [0.717, 1.165) is 5.69 Å². The van der Waals surface area contributed by atoms with Crippen LogP contribution < -0.4 is 0 Å². The lowest BCUT2D eigenvalue weighted by Gasteiger charge is -2.23. The molecule has 0 aliphatic carbocycles. The van der Waals surface area contributed by atoms with Gasteiger partial charge in [-0.15, -0.1) is 0 Å². The number of aromatic nitrogens is 2. The van der Waals surface area contributed by atoms with Gasteiger partial charge in [0.05, 0.1) is 6.61 Å². The van der Waals surface area contributed by atoms with Gasteiger partial charge in [-0.05, 0) is 32.0 Å². The molecule has 0 bridgehead atoms. The number of hydrogen-bond acceptors (Lipinski definition) is 3. The Morgan fingerprint density at radius 2 is 2.04 bits per heavy atom. The molecule has 1 heterocycles. The summed E-state index contributed by atoms with van der Waals surface area (Å²) in [5.41, 5.74) is 1.91. The number of H-pyrrole nitrogens is 1. The van der Waals surface area contributed by atoms with Crippen molar-refractivity contribution in [2.24, 2.45) is 0 Å². The maximum Gasteiger partial charge on any atom is 0.274 e. The van der Waals surface area contributed by atoms with Crippen LogP contribution in [0.2, 0.25) is 10.0 Å². The second-order valence-corrected chi connectivity index (χ2v) is 5.87. The number of rotatable bonds is 7. The fourth-order valence-corrected chi connectivity index (χ4v) is 2.65. The van der Waals surface area contributed by atoms with Gasteiger partial charge in [-0.25, -0.2) is 0 Å². The maximum absolute atomic E-state index is 12.7. The van der Waals surface area contributed by atoms with Gasteiger partial charge in [0.25, 0.3) is 5.91 Å². The molecule has 23 heavy (non-hydrogen) atoms. The highest BCUT2D eigenvalue weighted by Crippen LogP contribution is 2.26. The number of halogens is 2. The number of nitrogens with zero attached hydrogens (tertiary/aromatic N) is 2. The molecule has 2 aromatic rings. The second-order valence-electron chi connectivity index (χ2n) is 5.06. The summed E-state index contributed by atoms with van der Waals surface area (Å²) >= 11 is 12.4. The van der Waals surface area contributed by atoms with Crippen molar-refractivity contribution in [2.45, 2.75) is 20.4 Å². The SMILES string of the molecule is CCOCCN(Cc1c(Cl)cccc1Cl)C(=O)c1cc(C)[nH]n1. The molecule has 1 aromatic carbocycles. The Kier molecular flexibility index (Phi) is 6.45. The minimum Gasteiger partial charge on any atom is -0.380 e. The van der Waals surface area contributed by atoms with Crippen LogP contribution in [0.25, 0.3) is 0 Å². The third kappa shape index (κ3) is 4.70. The van der Waals surface area contributed by atoms with Crippen molar-refractivity contribution in [3.8, 4) is 0 Å². The lowest BCUT2D eigenvalue weighted by molar-refractivity contribution is 0.0636. The first kappa shape index (κ1) is 17.8. The molecule has 5 nitrogen and oxygen atoms in total. The predicted molar refractivity (Wildman–Crippen MR) is 91.0 cm³/mol. The summed E-state index contributed by atoms with van der Waals surface area (Å²) in [6.07, 6.45) is 0. The van der Waals surface area contributed by atoms with Crippen LogP contribution in [0.5, 0.6) is 0 Å². The molecule has 1 aromatic heterocycles. The highest BCUT2D eigenvalue weighted by molar-refractivity contribution is 6.36. The number of nitrogens with one attached hydrogen (secondary N) is 1. The molecule has 7 heteroatoms. The summed E-state index contributed by atoms with van der Waals surface area (Å²) in [7, 11) is 0. The minimum absolute atomic E-state index is 0.190. The monoisotopic (exact) mass is 355 g/mol. The molecule has 124 valence electrons. The summed E-state index contributed by atoms with van der Waals surface area (Å²) in [5, 5.41) is 7.87. The van der Waals surface area contributed by atoms with E-state index in [-0.39, 0.29) is 5.91 Å². The van der Waals surface area contributed by atoms with Gasteiger partial charge in [-0.2, -0.15) is 5.10 Å². The van der Waals surface area contributed by atoms with Gasteiger partial charge < -0.3 is 9.64 Å². The first-order chi connectivity index (χ1) is 11.0. The summed E-state index contributed by atoms with van der Waals surface area (Å²) in [4.78, 5) is 14.3. The Labute approximate surface area is 145 Å². The molecule has 0 spiro atoms. The van der Waals surface area contributed by atoms with Gasteiger partial charge in [-0.3, -0.25) is 9.89 Å². The number of aryl methyl sites for hydroxylation is 1. The van der Waals surface area contributed by atoms with E-state index in [1.165, 1.54) is 0 Å². The third-order valence-electron chi connectivity index (χ3n) is 3.33. The van der Waals surface area contributed by atoms with Crippen LogP contribution in [-0.2, 0) is 11.3 Å². The number of hydrogen-bond donors (Lipinski definition) is 1. The number of ether oxygens (including phenoxy) is 1. The lowest BCUT2D eigenvalue weighted by Crippen LogP contribution is -2.34. The second kappa shape index (κ2) is 8.34. The number of carbonyl (C=O) groups is 1. The number of aromatic amines is 1. The average molecular weight is 356 g/mol. The van der Waals surface area contributed by atoms with Gasteiger partial charge in [0.2, 0.25) is 0 Å². The fraction of sp³-hybridized carbons (Fsp3) is 0.375. The van der Waals surface area contributed by atoms with Crippen molar-refractivity contribution in [1.29, 1.82) is 0 Å². The Balaban J connectivity index is 2.21. The quantitative estimate of drug-likeness (QED) is 0.770. The molecule has 2 rings (SSSR count). The Bertz CT molecular complexity index is 653. The van der Waals surface area contributed by atoms with Gasteiger partial charge in [0, 0.05) is 41.0 Å². The smallest absolute Gasteiger partial charge is 0.274 e. The molecule has 0 saturated carbocycles. The maximum atomic E-state index is 12.7. The molecular weight excluding hydrogens is 337 g/mol. The fourth-order valence-electron chi connectivity index (χ4n) is 2.14. The van der Waals surface area contributed by atoms with Gasteiger partial charge in [-0.1, -0.05) is 29.3 Å². The zero-order valence-corrected chi connectivity index (χ0v) is 14.6. The van der Waals surface area contributed by atoms with Gasteiger partial charge in [0.1, 0.15) is 5.69 Å². The molecule has 1 N–H and O–H groups in total. The highest BCUT2D eigenvalue weighted by atomic mass is 35.5. The van der Waals surface area contributed by atoms with Crippen LogP contribution in [0.4, 0.5) is 0 Å². The Hall–Kier alpha value is -1.56. The molecule has 0 fully saturated rings. The number of carbonyl (C=O) groups excluding carboxylic acids is 1. The average Bonchev–Trinajstić information content (AvgIpc) is 2.95. The highest BCUT2D eigenvalue weighted by Gasteiger charge is 2.20. The van der Waals surface area contributed by atoms with Crippen LogP contribution in [0.1, 0.15) is 28.7 Å². The van der Waals surface area contributed by atoms with E-state index < -0.39 is 0 Å². The van der Waals surface area contributed by atoms with Crippen LogP contribution in [0.3, 0.4) is 0 Å². The van der Waals surface area contributed by atoms with Crippen LogP contribution >= 0.6 is 23.2 Å². The molecule has 0 unspecified atom stereocenters. The van der Waals surface area contributed by atoms with Crippen molar-refractivity contribution in [1.82, 2.24) is 15.1 Å². The van der Waals surface area contributed by atoms with Gasteiger partial charge >= 0.3 is 0 Å². The van der Waals surface area contributed by atoms with Gasteiger partial charge in [0.15, 0.2) is 0 Å². The van der Waals surface area contributed by atoms with E-state index in [9.17, 15) is 4.79 Å². The van der Waals surface area contributed by atoms with E-state index >= 15 is 0 Å². The number of amides is 1. The zero-order valence-electron chi connectivity index (χ0n) is 13.1. The normalized spacial score (nSPS) is 10.8. The first-order valence-electron chi connectivity index (χ1n) is 7.34. The molecule has 0 saturated heterocycles. The lowest BCUT2D eigenvalue weighted by atomic mass is 10.2. The van der Waals surface area contributed by atoms with Crippen molar-refractivity contribution in [3.63, 3.8) is 0 Å².